The molecule has 0 amide bonds. The molecule has 1 aliphatic heterocycles. The molecule has 1 aliphatic rings. The number of rotatable bonds is 1. The number of H-pyrrole nitrogens is 2. The van der Waals surface area contributed by atoms with Crippen molar-refractivity contribution >= 4 is 45.3 Å². The Balaban J connectivity index is 0.00000253. The van der Waals surface area contributed by atoms with Crippen LogP contribution < -0.4 is 5.43 Å². The van der Waals surface area contributed by atoms with Crippen LogP contribution in [0.5, 0.6) is 11.5 Å². The van der Waals surface area contributed by atoms with Crippen molar-refractivity contribution in [1.82, 2.24) is 19.7 Å². The molecule has 8 bridgehead atoms. The van der Waals surface area contributed by atoms with Gasteiger partial charge in [0.2, 0.25) is 5.43 Å². The zero-order valence-corrected chi connectivity index (χ0v) is 19.5. The van der Waals surface area contributed by atoms with Gasteiger partial charge in [-0.15, -0.1) is 0 Å². The second kappa shape index (κ2) is 8.47. The molecule has 9 heteroatoms. The molecule has 5 aromatic rings. The Labute approximate surface area is 211 Å². The fraction of sp³-hybridized carbons (Fsp3) is 0. The minimum atomic E-state index is -0.766. The number of fused-ring (bicyclic) bond motifs is 8. The summed E-state index contributed by atoms with van der Waals surface area (Å²) in [6.45, 7) is 0. The Kier molecular flexibility index (Phi) is 5.44. The SMILES string of the molecule is O=c1c2[nH]c(cc2O)cc2ccc(cc3nc(cc4c(-c5ccccc5)c(O)c1n4O)C=C3)[nH]2.[Pd]. The molecule has 5 N–H and O–H groups in total. The first-order chi connectivity index (χ1) is 16.5. The first-order valence-electron chi connectivity index (χ1n) is 10.5. The van der Waals surface area contributed by atoms with Gasteiger partial charge in [0.05, 0.1) is 22.5 Å². The third-order valence-electron chi connectivity index (χ3n) is 5.79. The van der Waals surface area contributed by atoms with Crippen LogP contribution in [0, 0.1) is 0 Å². The van der Waals surface area contributed by atoms with Crippen LogP contribution in [-0.2, 0) is 20.4 Å². The van der Waals surface area contributed by atoms with Crippen LogP contribution in [0.1, 0.15) is 11.4 Å². The quantitative estimate of drug-likeness (QED) is 0.146. The van der Waals surface area contributed by atoms with Gasteiger partial charge in [-0.2, -0.15) is 4.73 Å². The Bertz CT molecular complexity index is 1820. The molecule has 0 saturated carbocycles. The third-order valence-corrected chi connectivity index (χ3v) is 5.79. The summed E-state index contributed by atoms with van der Waals surface area (Å²) in [6, 6.07) is 19.3. The monoisotopic (exact) mass is 556 g/mol. The number of hydrogen-bond acceptors (Lipinski definition) is 5. The van der Waals surface area contributed by atoms with Gasteiger partial charge in [0.1, 0.15) is 11.3 Å². The molecule has 35 heavy (non-hydrogen) atoms. The minimum absolute atomic E-state index is 0. The first kappa shape index (κ1) is 22.5. The van der Waals surface area contributed by atoms with E-state index in [4.69, 9.17) is 0 Å². The Hall–Kier alpha value is -4.32. The second-order valence-corrected chi connectivity index (χ2v) is 8.05. The summed E-state index contributed by atoms with van der Waals surface area (Å²) in [5, 5.41) is 32.6. The van der Waals surface area contributed by atoms with Crippen molar-refractivity contribution in [1.29, 1.82) is 0 Å². The summed E-state index contributed by atoms with van der Waals surface area (Å²) in [5.74, 6) is -0.700. The van der Waals surface area contributed by atoms with E-state index in [0.29, 0.717) is 27.2 Å². The van der Waals surface area contributed by atoms with E-state index in [0.717, 1.165) is 11.0 Å². The summed E-state index contributed by atoms with van der Waals surface area (Å²) >= 11 is 0. The number of benzene rings is 1. The van der Waals surface area contributed by atoms with Crippen molar-refractivity contribution in [3.05, 3.63) is 88.3 Å². The van der Waals surface area contributed by atoms with Gasteiger partial charge in [-0.25, -0.2) is 4.98 Å². The van der Waals surface area contributed by atoms with Gasteiger partial charge >= 0.3 is 0 Å². The number of nitrogens with one attached hydrogen (secondary N) is 2. The molecule has 0 spiro atoms. The van der Waals surface area contributed by atoms with Crippen LogP contribution in [0.25, 0.3) is 56.4 Å². The maximum atomic E-state index is 13.4. The predicted octanol–water partition coefficient (Wildman–Crippen LogP) is 4.84. The van der Waals surface area contributed by atoms with E-state index in [-0.39, 0.29) is 48.3 Å². The molecule has 0 aliphatic carbocycles. The number of hydrogen-bond donors (Lipinski definition) is 5. The van der Waals surface area contributed by atoms with Crippen LogP contribution in [0.4, 0.5) is 0 Å². The number of aromatic nitrogens is 4. The van der Waals surface area contributed by atoms with Gasteiger partial charge in [0.25, 0.3) is 0 Å². The molecule has 0 fully saturated rings. The van der Waals surface area contributed by atoms with Crippen molar-refractivity contribution in [3.8, 4) is 22.6 Å². The van der Waals surface area contributed by atoms with Gasteiger partial charge in [0.15, 0.2) is 11.3 Å². The van der Waals surface area contributed by atoms with E-state index in [9.17, 15) is 20.2 Å². The normalized spacial score (nSPS) is 11.5. The molecule has 4 aromatic heterocycles. The van der Waals surface area contributed by atoms with E-state index in [1.807, 2.05) is 30.3 Å². The first-order valence-corrected chi connectivity index (χ1v) is 10.5. The number of nitrogens with zero attached hydrogens (tertiary/aromatic N) is 2. The van der Waals surface area contributed by atoms with E-state index >= 15 is 0 Å². The molecule has 8 nitrogen and oxygen atoms in total. The summed E-state index contributed by atoms with van der Waals surface area (Å²) in [7, 11) is 0. The molecule has 0 saturated heterocycles. The van der Waals surface area contributed by atoms with E-state index < -0.39 is 11.2 Å². The predicted molar refractivity (Wildman–Crippen MR) is 131 cm³/mol. The molecule has 176 valence electrons. The average molecular weight is 557 g/mol. The maximum absolute atomic E-state index is 13.4. The van der Waals surface area contributed by atoms with Gasteiger partial charge in [-0.3, -0.25) is 4.79 Å². The van der Waals surface area contributed by atoms with Crippen LogP contribution >= 0.6 is 0 Å². The van der Waals surface area contributed by atoms with Gasteiger partial charge in [-0.05, 0) is 48.0 Å². The Morgan fingerprint density at radius 3 is 2.23 bits per heavy atom. The fourth-order valence-electron chi connectivity index (χ4n) is 4.25. The summed E-state index contributed by atoms with van der Waals surface area (Å²) in [5.41, 5.74) is 3.05. The van der Waals surface area contributed by atoms with Crippen molar-refractivity contribution < 1.29 is 35.8 Å². The molecular weight excluding hydrogens is 539 g/mol. The zero-order valence-electron chi connectivity index (χ0n) is 18.0. The molecule has 6 rings (SSSR count). The zero-order chi connectivity index (χ0) is 23.4. The molecule has 0 radical (unpaired) electrons. The van der Waals surface area contributed by atoms with E-state index in [1.54, 1.807) is 42.5 Å². The smallest absolute Gasteiger partial charge is 0.236 e. The molecule has 5 heterocycles. The average Bonchev–Trinajstić information content (AvgIpc) is 3.58. The Morgan fingerprint density at radius 2 is 1.49 bits per heavy atom. The van der Waals surface area contributed by atoms with Crippen molar-refractivity contribution in [2.75, 3.05) is 0 Å². The van der Waals surface area contributed by atoms with Crippen LogP contribution in [0.15, 0.2) is 71.5 Å². The third kappa shape index (κ3) is 3.77. The summed E-state index contributed by atoms with van der Waals surface area (Å²) in [6.07, 6.45) is 3.62. The van der Waals surface area contributed by atoms with Crippen LogP contribution in [0.3, 0.4) is 0 Å². The standard InChI is InChI=1S/C26H18N4O4.Pd/c31-21-13-19-11-17-7-6-15(27-17)10-16-8-9-18(28-16)12-20-22(14-4-2-1-3-5-14)25(32)24(30(20)34)26(33)23(21)29-19;/h1-13,27,29,31-32,34H;. The second-order valence-electron chi connectivity index (χ2n) is 8.05. The van der Waals surface area contributed by atoms with Crippen LogP contribution in [-0.4, -0.2) is 35.1 Å². The molecular formula is C26H18N4O4Pd. The molecule has 1 aromatic carbocycles. The van der Waals surface area contributed by atoms with Gasteiger partial charge in [0, 0.05) is 43.0 Å². The molecule has 0 atom stereocenters. The summed E-state index contributed by atoms with van der Waals surface area (Å²) in [4.78, 5) is 24.1. The van der Waals surface area contributed by atoms with E-state index in [1.165, 1.54) is 6.07 Å². The van der Waals surface area contributed by atoms with E-state index in [2.05, 4.69) is 15.0 Å². The van der Waals surface area contributed by atoms with Crippen molar-refractivity contribution in [2.45, 2.75) is 0 Å². The largest absolute Gasteiger partial charge is 0.506 e. The van der Waals surface area contributed by atoms with Gasteiger partial charge in [-0.1, -0.05) is 30.3 Å². The van der Waals surface area contributed by atoms with Gasteiger partial charge < -0.3 is 25.4 Å². The van der Waals surface area contributed by atoms with Crippen LogP contribution in [0.2, 0.25) is 0 Å². The van der Waals surface area contributed by atoms with Crippen molar-refractivity contribution in [3.63, 3.8) is 0 Å². The Morgan fingerprint density at radius 1 is 0.800 bits per heavy atom. The topological polar surface area (TPSA) is 127 Å². The summed E-state index contributed by atoms with van der Waals surface area (Å²) < 4.78 is 0.643. The number of aromatic hydroxyl groups is 2. The number of aromatic amines is 2. The fourth-order valence-corrected chi connectivity index (χ4v) is 4.25. The molecule has 0 unspecified atom stereocenters. The van der Waals surface area contributed by atoms with Crippen molar-refractivity contribution in [2.24, 2.45) is 0 Å². The minimum Gasteiger partial charge on any atom is -0.506 e. The maximum Gasteiger partial charge on any atom is 0.236 e.